The van der Waals surface area contributed by atoms with E-state index >= 15 is 0 Å². The van der Waals surface area contributed by atoms with Crippen molar-refractivity contribution in [3.8, 4) is 22.6 Å². The van der Waals surface area contributed by atoms with Crippen molar-refractivity contribution in [2.45, 2.75) is 38.3 Å². The number of ether oxygens (including phenoxy) is 2. The zero-order valence-electron chi connectivity index (χ0n) is 17.4. The van der Waals surface area contributed by atoms with Gasteiger partial charge >= 0.3 is 0 Å². The van der Waals surface area contributed by atoms with Gasteiger partial charge in [-0.1, -0.05) is 24.8 Å². The second-order valence-electron chi connectivity index (χ2n) is 6.76. The van der Waals surface area contributed by atoms with Crippen LogP contribution in [0.2, 0.25) is 0 Å². The number of hydrogen-bond acceptors (Lipinski definition) is 6. The van der Waals surface area contributed by atoms with E-state index in [0.29, 0.717) is 17.3 Å². The van der Waals surface area contributed by atoms with Gasteiger partial charge in [0.05, 0.1) is 26.2 Å². The second kappa shape index (κ2) is 9.17. The first-order chi connectivity index (χ1) is 14.0. The Bertz CT molecular complexity index is 1020. The van der Waals surface area contributed by atoms with E-state index in [0.717, 1.165) is 33.9 Å². The Labute approximate surface area is 174 Å². The van der Waals surface area contributed by atoms with E-state index in [4.69, 9.17) is 9.47 Å². The molecule has 0 aliphatic rings. The highest BCUT2D eigenvalue weighted by Crippen LogP contribution is 2.34. The largest absolute Gasteiger partial charge is 0.493 e. The average molecular weight is 415 g/mol. The highest BCUT2D eigenvalue weighted by Gasteiger charge is 2.15. The number of thioether (sulfide) groups is 1. The lowest BCUT2D eigenvalue weighted by molar-refractivity contribution is -0.119. The van der Waals surface area contributed by atoms with Gasteiger partial charge in [0, 0.05) is 17.3 Å². The van der Waals surface area contributed by atoms with Crippen LogP contribution in [0.1, 0.15) is 26.0 Å². The third-order valence-electron chi connectivity index (χ3n) is 4.63. The topological polar surface area (TPSA) is 77.8 Å². The fourth-order valence-corrected chi connectivity index (χ4v) is 3.79. The van der Waals surface area contributed by atoms with Crippen molar-refractivity contribution in [3.63, 3.8) is 0 Å². The van der Waals surface area contributed by atoms with Gasteiger partial charge in [-0.15, -0.1) is 0 Å². The molecule has 8 heteroatoms. The molecule has 0 saturated carbocycles. The monoisotopic (exact) mass is 414 g/mol. The van der Waals surface area contributed by atoms with Crippen LogP contribution >= 0.6 is 11.8 Å². The normalized spacial score (nSPS) is 12.0. The molecule has 3 aromatic rings. The van der Waals surface area contributed by atoms with Crippen LogP contribution in [0.4, 0.5) is 0 Å². The average Bonchev–Trinajstić information content (AvgIpc) is 3.15. The van der Waals surface area contributed by atoms with E-state index in [9.17, 15) is 4.79 Å². The van der Waals surface area contributed by atoms with Crippen LogP contribution in [0, 0.1) is 6.92 Å². The summed E-state index contributed by atoms with van der Waals surface area (Å²) in [6.45, 7) is 5.99. The maximum atomic E-state index is 12.2. The number of carbonyl (C=O) groups is 1. The molecule has 1 atom stereocenters. The van der Waals surface area contributed by atoms with Crippen molar-refractivity contribution in [2.75, 3.05) is 20.0 Å². The van der Waals surface area contributed by atoms with Crippen molar-refractivity contribution >= 4 is 23.3 Å². The Morgan fingerprint density at radius 2 is 2.00 bits per heavy atom. The summed E-state index contributed by atoms with van der Waals surface area (Å²) in [6.07, 6.45) is 2.69. The van der Waals surface area contributed by atoms with E-state index in [1.807, 2.05) is 45.0 Å². The highest BCUT2D eigenvalue weighted by molar-refractivity contribution is 7.99. The van der Waals surface area contributed by atoms with E-state index < -0.39 is 0 Å². The van der Waals surface area contributed by atoms with Gasteiger partial charge in [0.2, 0.25) is 5.91 Å². The number of nitrogens with zero attached hydrogens (tertiary/aromatic N) is 3. The maximum absolute atomic E-state index is 12.2. The molecule has 0 spiro atoms. The van der Waals surface area contributed by atoms with Crippen molar-refractivity contribution in [2.24, 2.45) is 0 Å². The summed E-state index contributed by atoms with van der Waals surface area (Å²) < 4.78 is 12.5. The number of hydrogen-bond donors (Lipinski definition) is 1. The van der Waals surface area contributed by atoms with Crippen LogP contribution in [0.15, 0.2) is 35.5 Å². The number of methoxy groups -OCH3 is 2. The number of fused-ring (bicyclic) bond motifs is 1. The van der Waals surface area contributed by atoms with E-state index in [2.05, 4.69) is 15.4 Å². The first-order valence-electron chi connectivity index (χ1n) is 9.46. The molecule has 0 radical (unpaired) electrons. The highest BCUT2D eigenvalue weighted by atomic mass is 32.2. The zero-order chi connectivity index (χ0) is 21.0. The SMILES string of the molecule is CC[C@@H](C)NC(=O)CSc1cc(C)nc2c(-c3ccc(OC)c(OC)c3)cnn12. The van der Waals surface area contributed by atoms with Crippen LogP contribution in [0.25, 0.3) is 16.8 Å². The summed E-state index contributed by atoms with van der Waals surface area (Å²) in [5.74, 6) is 1.65. The molecule has 1 amide bonds. The predicted molar refractivity (Wildman–Crippen MR) is 115 cm³/mol. The Morgan fingerprint density at radius 3 is 2.69 bits per heavy atom. The molecule has 29 heavy (non-hydrogen) atoms. The lowest BCUT2D eigenvalue weighted by Gasteiger charge is -2.12. The van der Waals surface area contributed by atoms with Gasteiger partial charge in [-0.3, -0.25) is 4.79 Å². The third kappa shape index (κ3) is 4.64. The molecular weight excluding hydrogens is 388 g/mol. The third-order valence-corrected chi connectivity index (χ3v) is 5.63. The number of rotatable bonds is 8. The van der Waals surface area contributed by atoms with E-state index in [1.165, 1.54) is 11.8 Å². The fraction of sp³-hybridized carbons (Fsp3) is 0.381. The zero-order valence-corrected chi connectivity index (χ0v) is 18.2. The summed E-state index contributed by atoms with van der Waals surface area (Å²) in [5, 5.41) is 8.38. The number of carbonyl (C=O) groups excluding carboxylic acids is 1. The van der Waals surface area contributed by atoms with Crippen LogP contribution in [-0.4, -0.2) is 46.5 Å². The number of benzene rings is 1. The minimum Gasteiger partial charge on any atom is -0.493 e. The van der Waals surface area contributed by atoms with Gasteiger partial charge in [0.25, 0.3) is 0 Å². The fourth-order valence-electron chi connectivity index (χ4n) is 2.92. The van der Waals surface area contributed by atoms with Crippen molar-refractivity contribution in [1.82, 2.24) is 19.9 Å². The molecule has 2 heterocycles. The van der Waals surface area contributed by atoms with Crippen molar-refractivity contribution < 1.29 is 14.3 Å². The molecule has 0 saturated heterocycles. The lowest BCUT2D eigenvalue weighted by Crippen LogP contribution is -2.33. The Kier molecular flexibility index (Phi) is 6.64. The molecule has 7 nitrogen and oxygen atoms in total. The maximum Gasteiger partial charge on any atom is 0.230 e. The van der Waals surface area contributed by atoms with Crippen molar-refractivity contribution in [1.29, 1.82) is 0 Å². The molecule has 3 rings (SSSR count). The molecule has 0 aliphatic carbocycles. The smallest absolute Gasteiger partial charge is 0.230 e. The Balaban J connectivity index is 1.92. The number of amides is 1. The summed E-state index contributed by atoms with van der Waals surface area (Å²) in [7, 11) is 3.22. The molecular formula is C21H26N4O3S. The van der Waals surface area contributed by atoms with Crippen LogP contribution in [0.5, 0.6) is 11.5 Å². The van der Waals surface area contributed by atoms with Gasteiger partial charge in [0.15, 0.2) is 17.1 Å². The summed E-state index contributed by atoms with van der Waals surface area (Å²) in [4.78, 5) is 16.8. The molecule has 154 valence electrons. The predicted octanol–water partition coefficient (Wildman–Crippen LogP) is 3.73. The van der Waals surface area contributed by atoms with Gasteiger partial charge < -0.3 is 14.8 Å². The molecule has 1 aromatic carbocycles. The van der Waals surface area contributed by atoms with E-state index in [1.54, 1.807) is 24.9 Å². The molecule has 0 fully saturated rings. The minimum absolute atomic E-state index is 0.0132. The van der Waals surface area contributed by atoms with Crippen LogP contribution in [-0.2, 0) is 4.79 Å². The first kappa shape index (κ1) is 21.0. The summed E-state index contributed by atoms with van der Waals surface area (Å²) in [6, 6.07) is 7.84. The van der Waals surface area contributed by atoms with Gasteiger partial charge in [-0.05, 0) is 44.0 Å². The van der Waals surface area contributed by atoms with Gasteiger partial charge in [-0.2, -0.15) is 5.10 Å². The van der Waals surface area contributed by atoms with Crippen LogP contribution < -0.4 is 14.8 Å². The standard InChI is InChI=1S/C21H26N4O3S/c1-6-13(2)23-19(26)12-29-20-9-14(3)24-21-16(11-22-25(20)21)15-7-8-17(27-4)18(10-15)28-5/h7-11,13H,6,12H2,1-5H3,(H,23,26)/t13-/m1/s1. The summed E-state index contributed by atoms with van der Waals surface area (Å²) >= 11 is 1.45. The number of aryl methyl sites for hydroxylation is 1. The van der Waals surface area contributed by atoms with Gasteiger partial charge in [-0.25, -0.2) is 9.50 Å². The second-order valence-corrected chi connectivity index (χ2v) is 7.76. The number of aromatic nitrogens is 3. The van der Waals surface area contributed by atoms with Crippen LogP contribution in [0.3, 0.4) is 0 Å². The molecule has 0 unspecified atom stereocenters. The Morgan fingerprint density at radius 1 is 1.24 bits per heavy atom. The van der Waals surface area contributed by atoms with E-state index in [-0.39, 0.29) is 11.9 Å². The molecule has 1 N–H and O–H groups in total. The lowest BCUT2D eigenvalue weighted by atomic mass is 10.1. The molecule has 0 aliphatic heterocycles. The molecule has 0 bridgehead atoms. The van der Waals surface area contributed by atoms with Gasteiger partial charge in [0.1, 0.15) is 5.03 Å². The number of nitrogens with one attached hydrogen (secondary N) is 1. The van der Waals surface area contributed by atoms with Crippen molar-refractivity contribution in [3.05, 3.63) is 36.2 Å². The minimum atomic E-state index is 0.0132. The Hall–Kier alpha value is -2.74. The summed E-state index contributed by atoms with van der Waals surface area (Å²) in [5.41, 5.74) is 3.42. The molecule has 2 aromatic heterocycles. The quantitative estimate of drug-likeness (QED) is 0.447. The first-order valence-corrected chi connectivity index (χ1v) is 10.4.